The van der Waals surface area contributed by atoms with E-state index in [4.69, 9.17) is 15.7 Å². The summed E-state index contributed by atoms with van der Waals surface area (Å²) in [6.07, 6.45) is 4.82. The molecule has 1 aliphatic heterocycles. The van der Waals surface area contributed by atoms with Gasteiger partial charge in [0.2, 0.25) is 17.8 Å². The van der Waals surface area contributed by atoms with Gasteiger partial charge in [-0.05, 0) is 44.2 Å². The molecule has 4 N–H and O–H groups in total. The van der Waals surface area contributed by atoms with Crippen molar-refractivity contribution in [2.75, 3.05) is 23.8 Å². The van der Waals surface area contributed by atoms with E-state index in [2.05, 4.69) is 25.6 Å². The lowest BCUT2D eigenvalue weighted by atomic mass is 9.85. The predicted molar refractivity (Wildman–Crippen MR) is 123 cm³/mol. The zero-order chi connectivity index (χ0) is 24.5. The Morgan fingerprint density at radius 1 is 1.17 bits per heavy atom. The van der Waals surface area contributed by atoms with Gasteiger partial charge in [0, 0.05) is 18.6 Å². The Labute approximate surface area is 199 Å². The highest BCUT2D eigenvalue weighted by molar-refractivity contribution is 5.78. The van der Waals surface area contributed by atoms with Gasteiger partial charge < -0.3 is 21.1 Å². The molecule has 3 aromatic rings. The number of carbonyl (C=O) groups excluding carboxylic acids is 1. The topological polar surface area (TPSA) is 144 Å². The Morgan fingerprint density at radius 3 is 2.54 bits per heavy atom. The van der Waals surface area contributed by atoms with Crippen LogP contribution in [0.25, 0.3) is 11.2 Å². The minimum atomic E-state index is -0.910. The summed E-state index contributed by atoms with van der Waals surface area (Å²) in [5.41, 5.74) is 5.90. The van der Waals surface area contributed by atoms with Crippen LogP contribution in [0.15, 0.2) is 18.3 Å². The van der Waals surface area contributed by atoms with Crippen LogP contribution in [0.1, 0.15) is 43.7 Å². The van der Waals surface area contributed by atoms with Crippen LogP contribution in [-0.4, -0.2) is 44.7 Å². The quantitative estimate of drug-likeness (QED) is 0.486. The maximum atomic E-state index is 14.7. The number of ether oxygens (including phenoxy) is 1. The molecule has 0 radical (unpaired) electrons. The van der Waals surface area contributed by atoms with E-state index in [1.54, 1.807) is 12.3 Å². The summed E-state index contributed by atoms with van der Waals surface area (Å²) in [5, 5.41) is 15.0. The highest BCUT2D eigenvalue weighted by atomic mass is 19.1. The van der Waals surface area contributed by atoms with Gasteiger partial charge in [0.15, 0.2) is 17.3 Å². The first-order chi connectivity index (χ1) is 16.9. The second-order valence-corrected chi connectivity index (χ2v) is 8.87. The van der Waals surface area contributed by atoms with Crippen LogP contribution in [0, 0.1) is 28.9 Å². The summed E-state index contributed by atoms with van der Waals surface area (Å²) in [6, 6.07) is 3.62. The molecule has 5 rings (SSSR count). The highest BCUT2D eigenvalue weighted by Gasteiger charge is 2.30. The number of nitrogens with one attached hydrogen (secondary N) is 2. The van der Waals surface area contributed by atoms with Crippen molar-refractivity contribution in [2.24, 2.45) is 11.7 Å². The van der Waals surface area contributed by atoms with Crippen LogP contribution in [-0.2, 0) is 9.53 Å². The number of hydrogen-bond acceptors (Lipinski definition) is 8. The number of benzene rings is 1. The number of imidazole rings is 1. The van der Waals surface area contributed by atoms with Gasteiger partial charge in [-0.25, -0.2) is 18.7 Å². The normalized spacial score (nSPS) is 22.1. The minimum absolute atomic E-state index is 0.0919. The first-order valence-electron chi connectivity index (χ1n) is 11.5. The van der Waals surface area contributed by atoms with Crippen LogP contribution in [0.2, 0.25) is 0 Å². The molecule has 0 unspecified atom stereocenters. The number of hydrogen-bond donors (Lipinski definition) is 3. The van der Waals surface area contributed by atoms with Crippen molar-refractivity contribution in [3.63, 3.8) is 0 Å². The molecule has 2 fully saturated rings. The highest BCUT2D eigenvalue weighted by Crippen LogP contribution is 2.37. The Kier molecular flexibility index (Phi) is 6.17. The van der Waals surface area contributed by atoms with Crippen molar-refractivity contribution >= 4 is 34.7 Å². The molecular formula is C23H24F2N8O2. The molecule has 1 aliphatic carbocycles. The summed E-state index contributed by atoms with van der Waals surface area (Å²) < 4.78 is 36.5. The maximum absolute atomic E-state index is 14.7. The smallest absolute Gasteiger partial charge is 0.225 e. The molecule has 2 aliphatic rings. The maximum Gasteiger partial charge on any atom is 0.225 e. The number of aromatic nitrogens is 4. The predicted octanol–water partition coefficient (Wildman–Crippen LogP) is 3.14. The molecule has 2 aromatic heterocycles. The molecule has 10 nitrogen and oxygen atoms in total. The van der Waals surface area contributed by atoms with Gasteiger partial charge in [0.05, 0.1) is 30.5 Å². The van der Waals surface area contributed by atoms with E-state index in [1.807, 2.05) is 4.57 Å². The number of nitrogens with zero attached hydrogens (tertiary/aromatic N) is 5. The number of nitrogens with two attached hydrogens (primary N) is 1. The largest absolute Gasteiger partial charge is 0.379 e. The Balaban J connectivity index is 1.54. The van der Waals surface area contributed by atoms with Crippen molar-refractivity contribution in [3.8, 4) is 6.07 Å². The lowest BCUT2D eigenvalue weighted by molar-refractivity contribution is -0.122. The molecule has 0 spiro atoms. The number of nitriles is 1. The van der Waals surface area contributed by atoms with E-state index in [1.165, 1.54) is 0 Å². The van der Waals surface area contributed by atoms with Gasteiger partial charge in [-0.3, -0.25) is 9.36 Å². The van der Waals surface area contributed by atoms with Crippen LogP contribution in [0.4, 0.5) is 26.4 Å². The van der Waals surface area contributed by atoms with Crippen molar-refractivity contribution in [1.29, 1.82) is 5.26 Å². The molecule has 35 heavy (non-hydrogen) atoms. The van der Waals surface area contributed by atoms with E-state index in [0.29, 0.717) is 56.0 Å². The molecule has 12 heteroatoms. The third-order valence-corrected chi connectivity index (χ3v) is 6.57. The van der Waals surface area contributed by atoms with Crippen LogP contribution < -0.4 is 16.4 Å². The average Bonchev–Trinajstić information content (AvgIpc) is 3.48. The van der Waals surface area contributed by atoms with E-state index in [0.717, 1.165) is 18.6 Å². The molecule has 1 aromatic carbocycles. The summed E-state index contributed by atoms with van der Waals surface area (Å²) in [6.45, 7) is 1.22. The second kappa shape index (κ2) is 9.42. The molecule has 1 saturated carbocycles. The third-order valence-electron chi connectivity index (χ3n) is 6.57. The molecular weight excluding hydrogens is 458 g/mol. The number of anilines is 3. The molecule has 0 bridgehead atoms. The Morgan fingerprint density at radius 2 is 1.91 bits per heavy atom. The van der Waals surface area contributed by atoms with Gasteiger partial charge in [0.1, 0.15) is 11.2 Å². The first kappa shape index (κ1) is 22.9. The second-order valence-electron chi connectivity index (χ2n) is 8.87. The number of carbonyl (C=O) groups is 1. The zero-order valence-corrected chi connectivity index (χ0v) is 18.8. The lowest BCUT2D eigenvalue weighted by Crippen LogP contribution is -2.29. The molecule has 3 heterocycles. The fourth-order valence-electron chi connectivity index (χ4n) is 4.71. The van der Waals surface area contributed by atoms with Crippen molar-refractivity contribution in [3.05, 3.63) is 35.5 Å². The number of halogens is 2. The summed E-state index contributed by atoms with van der Waals surface area (Å²) in [4.78, 5) is 25.2. The number of primary amides is 1. The fourth-order valence-corrected chi connectivity index (χ4v) is 4.71. The number of fused-ring (bicyclic) bond motifs is 1. The first-order valence-corrected chi connectivity index (χ1v) is 11.5. The van der Waals surface area contributed by atoms with E-state index >= 15 is 0 Å². The van der Waals surface area contributed by atoms with Gasteiger partial charge in [-0.15, -0.1) is 0 Å². The Bertz CT molecular complexity index is 1280. The van der Waals surface area contributed by atoms with Crippen molar-refractivity contribution in [1.82, 2.24) is 19.5 Å². The van der Waals surface area contributed by atoms with Crippen LogP contribution in [0.3, 0.4) is 0 Å². The standard InChI is InChI=1S/C23H24F2N8O2/c24-16-7-12(9-26)8-17(25)19(16)31-23-30-18-10-28-22(29-14-5-6-35-11-14)32-21(18)33(23)15-3-1-13(2-4-15)20(27)34/h7-8,10,13-15H,1-6,11H2,(H2,27,34)(H,30,31)(H,28,29,32)/t13?,14-,15?/m1/s1. The van der Waals surface area contributed by atoms with Crippen molar-refractivity contribution in [2.45, 2.75) is 44.2 Å². The monoisotopic (exact) mass is 482 g/mol. The lowest BCUT2D eigenvalue weighted by Gasteiger charge is -2.29. The summed E-state index contributed by atoms with van der Waals surface area (Å²) >= 11 is 0. The van der Waals surface area contributed by atoms with Crippen LogP contribution >= 0.6 is 0 Å². The Hall–Kier alpha value is -3.85. The summed E-state index contributed by atoms with van der Waals surface area (Å²) in [5.74, 6) is -1.76. The van der Waals surface area contributed by atoms with Gasteiger partial charge in [0.25, 0.3) is 0 Å². The van der Waals surface area contributed by atoms with E-state index in [9.17, 15) is 13.6 Å². The zero-order valence-electron chi connectivity index (χ0n) is 18.8. The van der Waals surface area contributed by atoms with E-state index < -0.39 is 17.3 Å². The van der Waals surface area contributed by atoms with Crippen LogP contribution in [0.5, 0.6) is 0 Å². The van der Waals surface area contributed by atoms with E-state index in [-0.39, 0.29) is 35.4 Å². The molecule has 1 amide bonds. The SMILES string of the molecule is N#Cc1cc(F)c(Nc2nc3cnc(N[C@@H]4CCOC4)nc3n2C2CCC(C(N)=O)CC2)c(F)c1. The molecule has 182 valence electrons. The third kappa shape index (κ3) is 4.59. The minimum Gasteiger partial charge on any atom is -0.379 e. The number of amides is 1. The summed E-state index contributed by atoms with van der Waals surface area (Å²) in [7, 11) is 0. The number of rotatable bonds is 6. The fraction of sp³-hybridized carbons (Fsp3) is 0.435. The van der Waals surface area contributed by atoms with Gasteiger partial charge >= 0.3 is 0 Å². The van der Waals surface area contributed by atoms with Gasteiger partial charge in [-0.2, -0.15) is 10.2 Å². The molecule has 1 saturated heterocycles. The van der Waals surface area contributed by atoms with Gasteiger partial charge in [-0.1, -0.05) is 0 Å². The average molecular weight is 482 g/mol. The molecule has 1 atom stereocenters. The van der Waals surface area contributed by atoms with Crippen molar-refractivity contribution < 1.29 is 18.3 Å².